The van der Waals surface area contributed by atoms with E-state index in [1.165, 1.54) is 32.1 Å². The van der Waals surface area contributed by atoms with Crippen LogP contribution in [0.25, 0.3) is 0 Å². The second-order valence-corrected chi connectivity index (χ2v) is 6.09. The lowest BCUT2D eigenvalue weighted by molar-refractivity contribution is -0.127. The number of hydrogen-bond acceptors (Lipinski definition) is 2. The Labute approximate surface area is 110 Å². The average Bonchev–Trinajstić information content (AvgIpc) is 2.43. The summed E-state index contributed by atoms with van der Waals surface area (Å²) in [5.74, 6) is 1.98. The van der Waals surface area contributed by atoms with Gasteiger partial charge in [0.1, 0.15) is 0 Å². The van der Waals surface area contributed by atoms with Gasteiger partial charge in [-0.2, -0.15) is 5.26 Å². The van der Waals surface area contributed by atoms with Crippen LogP contribution < -0.4 is 5.32 Å². The van der Waals surface area contributed by atoms with Crippen LogP contribution in [0, 0.1) is 35.0 Å². The van der Waals surface area contributed by atoms with E-state index in [0.29, 0.717) is 6.54 Å². The number of hydrogen-bond donors (Lipinski definition) is 1. The summed E-state index contributed by atoms with van der Waals surface area (Å²) in [5.41, 5.74) is 0. The molecule has 2 saturated carbocycles. The molecular formula is C15H24N2O. The molecule has 4 unspecified atom stereocenters. The van der Waals surface area contributed by atoms with E-state index in [1.807, 2.05) is 6.92 Å². The normalized spacial score (nSPS) is 33.0. The molecule has 0 radical (unpaired) electrons. The summed E-state index contributed by atoms with van der Waals surface area (Å²) in [7, 11) is 0. The maximum absolute atomic E-state index is 12.1. The van der Waals surface area contributed by atoms with Crippen molar-refractivity contribution >= 4 is 5.91 Å². The van der Waals surface area contributed by atoms with E-state index >= 15 is 0 Å². The number of nitriles is 1. The van der Waals surface area contributed by atoms with Crippen molar-refractivity contribution in [2.24, 2.45) is 23.7 Å². The third-order valence-corrected chi connectivity index (χ3v) is 4.71. The van der Waals surface area contributed by atoms with Crippen LogP contribution in [0.3, 0.4) is 0 Å². The summed E-state index contributed by atoms with van der Waals surface area (Å²) in [6.07, 6.45) is 8.80. The number of rotatable bonds is 3. The number of nitrogens with zero attached hydrogens (tertiary/aromatic N) is 1. The fraction of sp³-hybridized carbons (Fsp3) is 0.867. The van der Waals surface area contributed by atoms with Crippen molar-refractivity contribution in [1.29, 1.82) is 5.26 Å². The molecule has 0 bridgehead atoms. The van der Waals surface area contributed by atoms with Gasteiger partial charge in [0.25, 0.3) is 0 Å². The molecule has 0 spiro atoms. The second kappa shape index (κ2) is 6.22. The average molecular weight is 248 g/mol. The Bertz CT molecular complexity index is 334. The predicted octanol–water partition coefficient (Wildman–Crippen LogP) is 2.87. The van der Waals surface area contributed by atoms with Crippen LogP contribution in [0.4, 0.5) is 0 Å². The molecule has 0 heterocycles. The van der Waals surface area contributed by atoms with Crippen molar-refractivity contribution in [2.75, 3.05) is 6.54 Å². The second-order valence-electron chi connectivity index (χ2n) is 6.09. The summed E-state index contributed by atoms with van der Waals surface area (Å²) < 4.78 is 0. The van der Waals surface area contributed by atoms with Crippen LogP contribution in [0.15, 0.2) is 0 Å². The SMILES string of the molecule is CC(C#N)CNC(=O)C1CCC2CCCCC2C1. The molecule has 0 saturated heterocycles. The van der Waals surface area contributed by atoms with Crippen LogP contribution >= 0.6 is 0 Å². The Hall–Kier alpha value is -1.04. The highest BCUT2D eigenvalue weighted by Gasteiger charge is 2.34. The molecule has 0 aliphatic heterocycles. The monoisotopic (exact) mass is 248 g/mol. The van der Waals surface area contributed by atoms with Crippen LogP contribution in [0.1, 0.15) is 51.9 Å². The zero-order chi connectivity index (χ0) is 13.0. The van der Waals surface area contributed by atoms with Gasteiger partial charge in [-0.1, -0.05) is 25.7 Å². The summed E-state index contributed by atoms with van der Waals surface area (Å²) in [4.78, 5) is 12.1. The summed E-state index contributed by atoms with van der Waals surface area (Å²) >= 11 is 0. The van der Waals surface area contributed by atoms with Gasteiger partial charge in [-0.25, -0.2) is 0 Å². The van der Waals surface area contributed by atoms with E-state index in [0.717, 1.165) is 24.7 Å². The Morgan fingerprint density at radius 2 is 2.00 bits per heavy atom. The molecule has 1 N–H and O–H groups in total. The number of nitrogens with one attached hydrogen (secondary N) is 1. The topological polar surface area (TPSA) is 52.9 Å². The highest BCUT2D eigenvalue weighted by Crippen LogP contribution is 2.42. The highest BCUT2D eigenvalue weighted by molar-refractivity contribution is 5.78. The largest absolute Gasteiger partial charge is 0.355 e. The molecule has 1 amide bonds. The van der Waals surface area contributed by atoms with Gasteiger partial charge in [0.05, 0.1) is 12.0 Å². The van der Waals surface area contributed by atoms with Crippen LogP contribution in [0.5, 0.6) is 0 Å². The third-order valence-electron chi connectivity index (χ3n) is 4.71. The smallest absolute Gasteiger partial charge is 0.223 e. The molecule has 0 aromatic carbocycles. The lowest BCUT2D eigenvalue weighted by atomic mass is 9.67. The fourth-order valence-corrected chi connectivity index (χ4v) is 3.56. The van der Waals surface area contributed by atoms with E-state index in [4.69, 9.17) is 5.26 Å². The zero-order valence-electron chi connectivity index (χ0n) is 11.3. The van der Waals surface area contributed by atoms with Gasteiger partial charge in [0.2, 0.25) is 5.91 Å². The minimum absolute atomic E-state index is 0.0834. The minimum atomic E-state index is -0.0834. The molecule has 2 aliphatic carbocycles. The van der Waals surface area contributed by atoms with Gasteiger partial charge in [0, 0.05) is 12.5 Å². The molecule has 0 aromatic rings. The van der Waals surface area contributed by atoms with Crippen molar-refractivity contribution in [3.8, 4) is 6.07 Å². The first-order valence-corrected chi connectivity index (χ1v) is 7.38. The summed E-state index contributed by atoms with van der Waals surface area (Å²) in [6.45, 7) is 2.35. The molecule has 0 aromatic heterocycles. The van der Waals surface area contributed by atoms with Crippen molar-refractivity contribution in [3.63, 3.8) is 0 Å². The number of carbonyl (C=O) groups is 1. The van der Waals surface area contributed by atoms with Gasteiger partial charge < -0.3 is 5.32 Å². The summed E-state index contributed by atoms with van der Waals surface area (Å²) in [5, 5.41) is 11.6. The maximum Gasteiger partial charge on any atom is 0.223 e. The molecule has 4 atom stereocenters. The van der Waals surface area contributed by atoms with Gasteiger partial charge in [-0.15, -0.1) is 0 Å². The lowest BCUT2D eigenvalue weighted by Crippen LogP contribution is -2.38. The first-order chi connectivity index (χ1) is 8.70. The van der Waals surface area contributed by atoms with Crippen LogP contribution in [0.2, 0.25) is 0 Å². The minimum Gasteiger partial charge on any atom is -0.355 e. The van der Waals surface area contributed by atoms with E-state index < -0.39 is 0 Å². The number of amides is 1. The van der Waals surface area contributed by atoms with E-state index in [2.05, 4.69) is 11.4 Å². The van der Waals surface area contributed by atoms with Gasteiger partial charge >= 0.3 is 0 Å². The molecular weight excluding hydrogens is 224 g/mol. The molecule has 3 nitrogen and oxygen atoms in total. The van der Waals surface area contributed by atoms with E-state index in [9.17, 15) is 4.79 Å². The van der Waals surface area contributed by atoms with Crippen LogP contribution in [-0.2, 0) is 4.79 Å². The summed E-state index contributed by atoms with van der Waals surface area (Å²) in [6, 6.07) is 2.15. The molecule has 2 aliphatic rings. The standard InChI is InChI=1S/C15H24N2O/c1-11(9-16)10-17-15(18)14-7-6-12-4-2-3-5-13(12)8-14/h11-14H,2-8,10H2,1H3,(H,17,18). The van der Waals surface area contributed by atoms with Gasteiger partial charge in [-0.05, 0) is 38.0 Å². The highest BCUT2D eigenvalue weighted by atomic mass is 16.1. The predicted molar refractivity (Wildman–Crippen MR) is 70.6 cm³/mol. The molecule has 18 heavy (non-hydrogen) atoms. The van der Waals surface area contributed by atoms with E-state index in [1.54, 1.807) is 0 Å². The number of carbonyl (C=O) groups excluding carboxylic acids is 1. The van der Waals surface area contributed by atoms with Crippen LogP contribution in [-0.4, -0.2) is 12.5 Å². The molecule has 100 valence electrons. The Morgan fingerprint density at radius 1 is 1.28 bits per heavy atom. The van der Waals surface area contributed by atoms with Crippen molar-refractivity contribution < 1.29 is 4.79 Å². The molecule has 2 fully saturated rings. The fourth-order valence-electron chi connectivity index (χ4n) is 3.56. The molecule has 2 rings (SSSR count). The molecule has 3 heteroatoms. The quantitative estimate of drug-likeness (QED) is 0.835. The first kappa shape index (κ1) is 13.4. The van der Waals surface area contributed by atoms with Crippen molar-refractivity contribution in [3.05, 3.63) is 0 Å². The Kier molecular flexibility index (Phi) is 4.63. The van der Waals surface area contributed by atoms with Crippen molar-refractivity contribution in [2.45, 2.75) is 51.9 Å². The number of fused-ring (bicyclic) bond motifs is 1. The maximum atomic E-state index is 12.1. The zero-order valence-corrected chi connectivity index (χ0v) is 11.3. The first-order valence-electron chi connectivity index (χ1n) is 7.38. The van der Waals surface area contributed by atoms with Crippen molar-refractivity contribution in [1.82, 2.24) is 5.32 Å². The Morgan fingerprint density at radius 3 is 2.72 bits per heavy atom. The Balaban J connectivity index is 1.79. The van der Waals surface area contributed by atoms with Gasteiger partial charge in [-0.3, -0.25) is 4.79 Å². The van der Waals surface area contributed by atoms with E-state index in [-0.39, 0.29) is 17.7 Å². The van der Waals surface area contributed by atoms with Gasteiger partial charge in [0.15, 0.2) is 0 Å². The third kappa shape index (κ3) is 3.25. The lowest BCUT2D eigenvalue weighted by Gasteiger charge is -2.38.